The van der Waals surface area contributed by atoms with Crippen molar-refractivity contribution in [2.75, 3.05) is 13.1 Å². The Morgan fingerprint density at radius 1 is 1.30 bits per heavy atom. The number of benzene rings is 1. The van der Waals surface area contributed by atoms with Crippen LogP contribution in [0.3, 0.4) is 0 Å². The molecule has 1 aromatic heterocycles. The normalized spacial score (nSPS) is 16.2. The van der Waals surface area contributed by atoms with Gasteiger partial charge in [-0.15, -0.1) is 0 Å². The van der Waals surface area contributed by atoms with E-state index in [4.69, 9.17) is 0 Å². The average molecular weight is 331 g/mol. The van der Waals surface area contributed by atoms with Crippen molar-refractivity contribution in [1.82, 2.24) is 10.6 Å². The van der Waals surface area contributed by atoms with Crippen LogP contribution in [-0.2, 0) is 12.0 Å². The minimum Gasteiger partial charge on any atom is -0.357 e. The van der Waals surface area contributed by atoms with Crippen LogP contribution in [0.1, 0.15) is 30.9 Å². The van der Waals surface area contributed by atoms with Crippen LogP contribution in [0.4, 0.5) is 4.39 Å². The molecule has 0 radical (unpaired) electrons. The van der Waals surface area contributed by atoms with Gasteiger partial charge in [-0.25, -0.2) is 9.38 Å². The molecule has 0 saturated heterocycles. The van der Waals surface area contributed by atoms with Crippen LogP contribution in [-0.4, -0.2) is 19.0 Å². The van der Waals surface area contributed by atoms with Crippen LogP contribution in [0, 0.1) is 5.82 Å². The summed E-state index contributed by atoms with van der Waals surface area (Å²) in [6.07, 6.45) is 2.18. The lowest BCUT2D eigenvalue weighted by molar-refractivity contribution is 0.607. The lowest BCUT2D eigenvalue weighted by Gasteiger charge is -2.19. The maximum Gasteiger partial charge on any atom is 0.191 e. The summed E-state index contributed by atoms with van der Waals surface area (Å²) in [7, 11) is 0. The average Bonchev–Trinajstić information content (AvgIpc) is 3.17. The number of hydrogen-bond acceptors (Lipinski definition) is 2. The largest absolute Gasteiger partial charge is 0.357 e. The smallest absolute Gasteiger partial charge is 0.191 e. The zero-order chi connectivity index (χ0) is 16.1. The second-order valence-electron chi connectivity index (χ2n) is 5.97. The molecule has 1 aromatic carbocycles. The van der Waals surface area contributed by atoms with Gasteiger partial charge in [-0.2, -0.15) is 11.3 Å². The van der Waals surface area contributed by atoms with E-state index >= 15 is 0 Å². The maximum atomic E-state index is 13.5. The molecule has 1 saturated carbocycles. The summed E-state index contributed by atoms with van der Waals surface area (Å²) in [6, 6.07) is 9.06. The van der Waals surface area contributed by atoms with Crippen molar-refractivity contribution < 1.29 is 4.39 Å². The van der Waals surface area contributed by atoms with Gasteiger partial charge in [0, 0.05) is 18.5 Å². The highest BCUT2D eigenvalue weighted by molar-refractivity contribution is 7.07. The molecule has 5 heteroatoms. The highest BCUT2D eigenvalue weighted by atomic mass is 32.1. The van der Waals surface area contributed by atoms with E-state index in [1.165, 1.54) is 11.6 Å². The summed E-state index contributed by atoms with van der Waals surface area (Å²) >= 11 is 1.69. The minimum absolute atomic E-state index is 0.0562. The lowest BCUT2D eigenvalue weighted by Crippen LogP contribution is -2.41. The quantitative estimate of drug-likeness (QED) is 0.626. The Kier molecular flexibility index (Phi) is 4.96. The Morgan fingerprint density at radius 2 is 2.17 bits per heavy atom. The van der Waals surface area contributed by atoms with Crippen molar-refractivity contribution in [2.24, 2.45) is 4.99 Å². The Morgan fingerprint density at radius 3 is 2.83 bits per heavy atom. The second kappa shape index (κ2) is 7.13. The van der Waals surface area contributed by atoms with Gasteiger partial charge in [-0.05, 0) is 59.9 Å². The highest BCUT2D eigenvalue weighted by Crippen LogP contribution is 2.47. The molecular formula is C18H22FN3S. The van der Waals surface area contributed by atoms with E-state index in [1.807, 2.05) is 6.07 Å². The molecule has 2 N–H and O–H groups in total. The van der Waals surface area contributed by atoms with Crippen molar-refractivity contribution in [1.29, 1.82) is 0 Å². The predicted octanol–water partition coefficient (Wildman–Crippen LogP) is 3.67. The molecule has 23 heavy (non-hydrogen) atoms. The Balaban J connectivity index is 1.63. The van der Waals surface area contributed by atoms with Crippen LogP contribution in [0.25, 0.3) is 0 Å². The van der Waals surface area contributed by atoms with Crippen molar-refractivity contribution in [3.63, 3.8) is 0 Å². The van der Waals surface area contributed by atoms with Gasteiger partial charge < -0.3 is 10.6 Å². The fourth-order valence-electron chi connectivity index (χ4n) is 2.68. The van der Waals surface area contributed by atoms with E-state index in [0.29, 0.717) is 6.54 Å². The molecule has 1 heterocycles. The third-order valence-electron chi connectivity index (χ3n) is 4.23. The minimum atomic E-state index is -0.160. The molecule has 0 amide bonds. The molecule has 122 valence electrons. The van der Waals surface area contributed by atoms with Crippen LogP contribution in [0.5, 0.6) is 0 Å². The number of hydrogen-bond donors (Lipinski definition) is 2. The second-order valence-corrected chi connectivity index (χ2v) is 6.75. The lowest BCUT2D eigenvalue weighted by atomic mass is 9.96. The molecule has 0 atom stereocenters. The fraction of sp³-hybridized carbons (Fsp3) is 0.389. The van der Waals surface area contributed by atoms with E-state index in [9.17, 15) is 4.39 Å². The number of nitrogens with zero attached hydrogens (tertiary/aromatic N) is 1. The van der Waals surface area contributed by atoms with Crippen LogP contribution in [0.15, 0.2) is 46.1 Å². The Labute approximate surface area is 140 Å². The molecule has 3 nitrogen and oxygen atoms in total. The maximum absolute atomic E-state index is 13.5. The molecule has 2 aromatic rings. The summed E-state index contributed by atoms with van der Waals surface area (Å²) in [5, 5.41) is 10.9. The highest BCUT2D eigenvalue weighted by Gasteiger charge is 2.44. The fourth-order valence-corrected chi connectivity index (χ4v) is 3.34. The van der Waals surface area contributed by atoms with Gasteiger partial charge in [0.15, 0.2) is 5.96 Å². The van der Waals surface area contributed by atoms with Gasteiger partial charge >= 0.3 is 0 Å². The molecule has 1 fully saturated rings. The molecule has 3 rings (SSSR count). The Hall–Kier alpha value is -1.88. The zero-order valence-electron chi connectivity index (χ0n) is 13.3. The van der Waals surface area contributed by atoms with Gasteiger partial charge in [-0.3, -0.25) is 0 Å². The van der Waals surface area contributed by atoms with E-state index in [1.54, 1.807) is 23.5 Å². The van der Waals surface area contributed by atoms with Gasteiger partial charge in [0.2, 0.25) is 0 Å². The summed E-state index contributed by atoms with van der Waals surface area (Å²) in [6.45, 7) is 4.33. The SMILES string of the molecule is CCNC(=NCc1ccsc1)NCC1(c2cccc(F)c2)CC1. The van der Waals surface area contributed by atoms with E-state index < -0.39 is 0 Å². The first kappa shape index (κ1) is 16.0. The van der Waals surface area contributed by atoms with Gasteiger partial charge in [0.1, 0.15) is 5.82 Å². The summed E-state index contributed by atoms with van der Waals surface area (Å²) in [5.41, 5.74) is 2.36. The topological polar surface area (TPSA) is 36.4 Å². The first-order valence-electron chi connectivity index (χ1n) is 8.01. The van der Waals surface area contributed by atoms with Crippen LogP contribution in [0.2, 0.25) is 0 Å². The van der Waals surface area contributed by atoms with Crippen molar-refractivity contribution in [2.45, 2.75) is 31.7 Å². The van der Waals surface area contributed by atoms with Crippen molar-refractivity contribution in [3.8, 4) is 0 Å². The van der Waals surface area contributed by atoms with E-state index in [-0.39, 0.29) is 11.2 Å². The summed E-state index contributed by atoms with van der Waals surface area (Å²) < 4.78 is 13.5. The van der Waals surface area contributed by atoms with Crippen LogP contribution < -0.4 is 10.6 Å². The summed E-state index contributed by atoms with van der Waals surface area (Å²) in [4.78, 5) is 4.63. The first-order chi connectivity index (χ1) is 11.2. The standard InChI is InChI=1S/C18H22FN3S/c1-2-20-17(21-11-14-6-9-23-12-14)22-13-18(7-8-18)15-4-3-5-16(19)10-15/h3-6,9-10,12H,2,7-8,11,13H2,1H3,(H2,20,21,22). The van der Waals surface area contributed by atoms with Gasteiger partial charge in [-0.1, -0.05) is 12.1 Å². The number of guanidine groups is 1. The molecule has 1 aliphatic rings. The van der Waals surface area contributed by atoms with Crippen molar-refractivity contribution >= 4 is 17.3 Å². The number of thiophene rings is 1. The zero-order valence-corrected chi connectivity index (χ0v) is 14.1. The third kappa shape index (κ3) is 4.10. The van der Waals surface area contributed by atoms with Crippen molar-refractivity contribution in [3.05, 3.63) is 58.0 Å². The number of nitrogens with one attached hydrogen (secondary N) is 2. The molecule has 0 unspecified atom stereocenters. The third-order valence-corrected chi connectivity index (χ3v) is 4.96. The first-order valence-corrected chi connectivity index (χ1v) is 8.95. The van der Waals surface area contributed by atoms with E-state index in [0.717, 1.165) is 37.5 Å². The monoisotopic (exact) mass is 331 g/mol. The molecule has 0 spiro atoms. The van der Waals surface area contributed by atoms with E-state index in [2.05, 4.69) is 39.4 Å². The number of rotatable bonds is 6. The van der Waals surface area contributed by atoms with Crippen LogP contribution >= 0.6 is 11.3 Å². The van der Waals surface area contributed by atoms with Gasteiger partial charge in [0.25, 0.3) is 0 Å². The molecule has 0 aliphatic heterocycles. The summed E-state index contributed by atoms with van der Waals surface area (Å²) in [5.74, 6) is 0.660. The molecule has 1 aliphatic carbocycles. The molecule has 0 bridgehead atoms. The number of aliphatic imine (C=N–C) groups is 1. The molecular weight excluding hydrogens is 309 g/mol. The number of halogens is 1. The van der Waals surface area contributed by atoms with Gasteiger partial charge in [0.05, 0.1) is 6.54 Å². The predicted molar refractivity (Wildman–Crippen MR) is 94.4 cm³/mol. The Bertz CT molecular complexity index is 663.